The van der Waals surface area contributed by atoms with Crippen molar-refractivity contribution >= 4 is 49.4 Å². The molecule has 0 atom stereocenters. The number of nitrogens with one attached hydrogen (secondary N) is 2. The number of amides is 1. The average molecular weight is 480 g/mol. The van der Waals surface area contributed by atoms with Crippen molar-refractivity contribution < 1.29 is 13.2 Å². The van der Waals surface area contributed by atoms with Crippen LogP contribution in [0.4, 0.5) is 5.69 Å². The first kappa shape index (κ1) is 22.3. The number of anilines is 1. The zero-order valence-corrected chi connectivity index (χ0v) is 19.4. The third-order valence-electron chi connectivity index (χ3n) is 5.60. The molecule has 172 valence electrons. The number of hydrogen-bond donors (Lipinski definition) is 2. The predicted octanol–water partition coefficient (Wildman–Crippen LogP) is 5.56. The maximum atomic E-state index is 12.6. The zero-order chi connectivity index (χ0) is 24.3. The van der Waals surface area contributed by atoms with Gasteiger partial charge in [-0.25, -0.2) is 4.83 Å². The van der Waals surface area contributed by atoms with E-state index in [0.717, 1.165) is 21.5 Å². The van der Waals surface area contributed by atoms with E-state index in [0.29, 0.717) is 16.8 Å². The van der Waals surface area contributed by atoms with Crippen LogP contribution in [0.1, 0.15) is 15.9 Å². The maximum absolute atomic E-state index is 12.6. The van der Waals surface area contributed by atoms with Gasteiger partial charge in [-0.3, -0.25) is 4.79 Å². The molecule has 0 radical (unpaired) electrons. The Balaban J connectivity index is 1.23. The molecule has 0 aliphatic heterocycles. The minimum Gasteiger partial charge on any atom is -0.322 e. The SMILES string of the molecule is O=C(Nc1ccc(/C=N\NS(=O)(=O)c2ccc3ccccc3c2)cc1)c1ccc2ccccc2c1. The molecule has 7 heteroatoms. The standard InChI is InChI=1S/C28H21N3O3S/c32-28(25-12-11-21-5-1-3-7-23(21)17-25)30-26-14-9-20(10-15-26)19-29-31-35(33,34)27-16-13-22-6-2-4-8-24(22)18-27/h1-19,31H,(H,30,32)/b29-19-. The topological polar surface area (TPSA) is 87.6 Å². The number of benzene rings is 5. The summed E-state index contributed by atoms with van der Waals surface area (Å²) in [5, 5.41) is 10.6. The van der Waals surface area contributed by atoms with Crippen LogP contribution < -0.4 is 10.1 Å². The first-order valence-electron chi connectivity index (χ1n) is 10.9. The molecule has 0 unspecified atom stereocenters. The molecule has 6 nitrogen and oxygen atoms in total. The minimum absolute atomic E-state index is 0.139. The van der Waals surface area contributed by atoms with E-state index >= 15 is 0 Å². The van der Waals surface area contributed by atoms with Gasteiger partial charge in [-0.2, -0.15) is 13.5 Å². The molecule has 0 fully saturated rings. The van der Waals surface area contributed by atoms with E-state index in [1.165, 1.54) is 6.21 Å². The van der Waals surface area contributed by atoms with Crippen LogP contribution in [0.2, 0.25) is 0 Å². The van der Waals surface area contributed by atoms with Crippen molar-refractivity contribution in [3.05, 3.63) is 120 Å². The molecule has 0 aromatic heterocycles. The van der Waals surface area contributed by atoms with Crippen LogP contribution in [0.15, 0.2) is 119 Å². The number of carbonyl (C=O) groups excluding carboxylic acids is 1. The fraction of sp³-hybridized carbons (Fsp3) is 0. The lowest BCUT2D eigenvalue weighted by atomic mass is 10.1. The summed E-state index contributed by atoms with van der Waals surface area (Å²) in [6.07, 6.45) is 1.41. The summed E-state index contributed by atoms with van der Waals surface area (Å²) in [5.74, 6) is -0.208. The van der Waals surface area contributed by atoms with Crippen LogP contribution in [0.3, 0.4) is 0 Å². The number of sulfonamides is 1. The van der Waals surface area contributed by atoms with E-state index in [1.54, 1.807) is 48.5 Å². The molecule has 0 saturated carbocycles. The van der Waals surface area contributed by atoms with E-state index in [4.69, 9.17) is 0 Å². The fourth-order valence-electron chi connectivity index (χ4n) is 3.74. The van der Waals surface area contributed by atoms with Crippen molar-refractivity contribution in [2.24, 2.45) is 5.10 Å². The fourth-order valence-corrected chi connectivity index (χ4v) is 4.57. The Bertz CT molecular complexity index is 1680. The molecular formula is C28H21N3O3S. The molecule has 5 aromatic rings. The number of rotatable bonds is 6. The van der Waals surface area contributed by atoms with Crippen LogP contribution in [-0.2, 0) is 10.0 Å². The summed E-state index contributed by atoms with van der Waals surface area (Å²) < 4.78 is 25.2. The summed E-state index contributed by atoms with van der Waals surface area (Å²) in [6, 6.07) is 32.8. The van der Waals surface area contributed by atoms with E-state index < -0.39 is 10.0 Å². The molecular weight excluding hydrogens is 458 g/mol. The molecule has 0 heterocycles. The van der Waals surface area contributed by atoms with Crippen molar-refractivity contribution in [1.29, 1.82) is 0 Å². The molecule has 0 spiro atoms. The lowest BCUT2D eigenvalue weighted by Gasteiger charge is -2.07. The molecule has 5 rings (SSSR count). The molecule has 5 aromatic carbocycles. The van der Waals surface area contributed by atoms with Gasteiger partial charge in [0.15, 0.2) is 0 Å². The first-order valence-corrected chi connectivity index (χ1v) is 12.4. The summed E-state index contributed by atoms with van der Waals surface area (Å²) in [5.41, 5.74) is 1.87. The van der Waals surface area contributed by atoms with E-state index in [1.807, 2.05) is 60.7 Å². The molecule has 0 saturated heterocycles. The van der Waals surface area contributed by atoms with E-state index in [2.05, 4.69) is 15.2 Å². The Labute approximate surface area is 203 Å². The van der Waals surface area contributed by atoms with Gasteiger partial charge in [-0.05, 0) is 63.5 Å². The van der Waals surface area contributed by atoms with Gasteiger partial charge in [0.1, 0.15) is 0 Å². The van der Waals surface area contributed by atoms with Crippen molar-refractivity contribution in [3.8, 4) is 0 Å². The van der Waals surface area contributed by atoms with Crippen molar-refractivity contribution in [1.82, 2.24) is 4.83 Å². The van der Waals surface area contributed by atoms with Gasteiger partial charge in [0.2, 0.25) is 0 Å². The quantitative estimate of drug-likeness (QED) is 0.247. The molecule has 0 aliphatic rings. The van der Waals surface area contributed by atoms with Crippen LogP contribution >= 0.6 is 0 Å². The molecule has 2 N–H and O–H groups in total. The van der Waals surface area contributed by atoms with Gasteiger partial charge in [0, 0.05) is 11.3 Å². The summed E-state index contributed by atoms with van der Waals surface area (Å²) in [6.45, 7) is 0. The van der Waals surface area contributed by atoms with Gasteiger partial charge in [-0.1, -0.05) is 72.8 Å². The normalized spacial score (nSPS) is 11.7. The van der Waals surface area contributed by atoms with Crippen molar-refractivity contribution in [2.75, 3.05) is 5.32 Å². The highest BCUT2D eigenvalue weighted by atomic mass is 32.2. The lowest BCUT2D eigenvalue weighted by Crippen LogP contribution is -2.18. The van der Waals surface area contributed by atoms with E-state index in [9.17, 15) is 13.2 Å². The van der Waals surface area contributed by atoms with Gasteiger partial charge in [-0.15, -0.1) is 0 Å². The molecule has 0 bridgehead atoms. The lowest BCUT2D eigenvalue weighted by molar-refractivity contribution is 0.102. The predicted molar refractivity (Wildman–Crippen MR) is 140 cm³/mol. The summed E-state index contributed by atoms with van der Waals surface area (Å²) in [7, 11) is -3.80. The van der Waals surface area contributed by atoms with Crippen LogP contribution in [0.5, 0.6) is 0 Å². The second kappa shape index (κ2) is 9.40. The number of nitrogens with zero attached hydrogens (tertiary/aromatic N) is 1. The Morgan fingerprint density at radius 2 is 1.29 bits per heavy atom. The van der Waals surface area contributed by atoms with Gasteiger partial charge < -0.3 is 5.32 Å². The second-order valence-corrected chi connectivity index (χ2v) is 9.66. The highest BCUT2D eigenvalue weighted by Gasteiger charge is 2.13. The van der Waals surface area contributed by atoms with Gasteiger partial charge in [0.05, 0.1) is 11.1 Å². The van der Waals surface area contributed by atoms with Crippen LogP contribution in [0, 0.1) is 0 Å². The average Bonchev–Trinajstić information content (AvgIpc) is 2.89. The largest absolute Gasteiger partial charge is 0.322 e. The number of fused-ring (bicyclic) bond motifs is 2. The maximum Gasteiger partial charge on any atom is 0.276 e. The summed E-state index contributed by atoms with van der Waals surface area (Å²) in [4.78, 5) is 15.0. The zero-order valence-electron chi connectivity index (χ0n) is 18.5. The number of hydrogen-bond acceptors (Lipinski definition) is 4. The molecule has 35 heavy (non-hydrogen) atoms. The Hall–Kier alpha value is -4.49. The monoisotopic (exact) mass is 479 g/mol. The van der Waals surface area contributed by atoms with Crippen molar-refractivity contribution in [3.63, 3.8) is 0 Å². The highest BCUT2D eigenvalue weighted by Crippen LogP contribution is 2.19. The summed E-state index contributed by atoms with van der Waals surface area (Å²) >= 11 is 0. The van der Waals surface area contributed by atoms with Crippen LogP contribution in [-0.4, -0.2) is 20.5 Å². The molecule has 1 amide bonds. The Kier molecular flexibility index (Phi) is 5.99. The van der Waals surface area contributed by atoms with Crippen molar-refractivity contribution in [2.45, 2.75) is 4.90 Å². The minimum atomic E-state index is -3.80. The third-order valence-corrected chi connectivity index (χ3v) is 6.82. The Morgan fingerprint density at radius 3 is 1.97 bits per heavy atom. The first-order chi connectivity index (χ1) is 17.0. The second-order valence-electron chi connectivity index (χ2n) is 8.00. The molecule has 0 aliphatic carbocycles. The number of carbonyl (C=O) groups is 1. The third kappa shape index (κ3) is 5.05. The van der Waals surface area contributed by atoms with E-state index in [-0.39, 0.29) is 10.8 Å². The highest BCUT2D eigenvalue weighted by molar-refractivity contribution is 7.89. The van der Waals surface area contributed by atoms with Gasteiger partial charge >= 0.3 is 0 Å². The number of hydrazone groups is 1. The smallest absolute Gasteiger partial charge is 0.276 e. The van der Waals surface area contributed by atoms with Gasteiger partial charge in [0.25, 0.3) is 15.9 Å². The van der Waals surface area contributed by atoms with Crippen LogP contribution in [0.25, 0.3) is 21.5 Å². The Morgan fingerprint density at radius 1 is 0.686 bits per heavy atom.